The van der Waals surface area contributed by atoms with Crippen LogP contribution < -0.4 is 5.73 Å². The van der Waals surface area contributed by atoms with Gasteiger partial charge in [-0.1, -0.05) is 0 Å². The van der Waals surface area contributed by atoms with Crippen LogP contribution in [0.15, 0.2) is 12.4 Å². The van der Waals surface area contributed by atoms with Crippen molar-refractivity contribution in [3.63, 3.8) is 0 Å². The molecule has 1 aliphatic heterocycles. The summed E-state index contributed by atoms with van der Waals surface area (Å²) in [7, 11) is 1.93. The monoisotopic (exact) mass is 252 g/mol. The van der Waals surface area contributed by atoms with Crippen molar-refractivity contribution in [2.45, 2.75) is 31.8 Å². The first-order valence-corrected chi connectivity index (χ1v) is 6.71. The van der Waals surface area contributed by atoms with Crippen LogP contribution >= 0.6 is 0 Å². The van der Waals surface area contributed by atoms with Crippen LogP contribution in [-0.2, 0) is 7.05 Å². The Balaban J connectivity index is 2.07. The van der Waals surface area contributed by atoms with Crippen LogP contribution in [0.4, 0.5) is 0 Å². The molecule has 2 heterocycles. The third-order valence-corrected chi connectivity index (χ3v) is 3.81. The molecule has 5 nitrogen and oxygen atoms in total. The van der Waals surface area contributed by atoms with Crippen LogP contribution in [0.2, 0.25) is 0 Å². The van der Waals surface area contributed by atoms with Crippen LogP contribution in [0, 0.1) is 5.92 Å². The van der Waals surface area contributed by atoms with Crippen molar-refractivity contribution in [1.82, 2.24) is 14.7 Å². The summed E-state index contributed by atoms with van der Waals surface area (Å²) in [4.78, 5) is 2.43. The molecule has 1 fully saturated rings. The summed E-state index contributed by atoms with van der Waals surface area (Å²) in [6.07, 6.45) is 6.01. The van der Waals surface area contributed by atoms with E-state index in [4.69, 9.17) is 10.8 Å². The number of likely N-dealkylation sites (tertiary alicyclic amines) is 1. The highest BCUT2D eigenvalue weighted by atomic mass is 16.3. The summed E-state index contributed by atoms with van der Waals surface area (Å²) in [6, 6.07) is 0.324. The van der Waals surface area contributed by atoms with Crippen molar-refractivity contribution in [3.05, 3.63) is 18.0 Å². The van der Waals surface area contributed by atoms with Crippen LogP contribution in [0.25, 0.3) is 0 Å². The van der Waals surface area contributed by atoms with Crippen molar-refractivity contribution in [2.24, 2.45) is 18.7 Å². The quantitative estimate of drug-likeness (QED) is 0.801. The number of nitrogens with zero attached hydrogens (tertiary/aromatic N) is 3. The Morgan fingerprint density at radius 2 is 2.39 bits per heavy atom. The van der Waals surface area contributed by atoms with E-state index in [0.29, 0.717) is 5.92 Å². The lowest BCUT2D eigenvalue weighted by molar-refractivity contribution is 0.201. The van der Waals surface area contributed by atoms with Crippen molar-refractivity contribution in [3.8, 4) is 0 Å². The van der Waals surface area contributed by atoms with Crippen molar-refractivity contribution in [2.75, 3.05) is 19.7 Å². The van der Waals surface area contributed by atoms with Gasteiger partial charge in [0, 0.05) is 38.0 Å². The zero-order chi connectivity index (χ0) is 13.1. The van der Waals surface area contributed by atoms with Gasteiger partial charge in [0.2, 0.25) is 0 Å². The molecule has 0 spiro atoms. The summed E-state index contributed by atoms with van der Waals surface area (Å²) >= 11 is 0. The predicted molar refractivity (Wildman–Crippen MR) is 71.0 cm³/mol. The van der Waals surface area contributed by atoms with E-state index >= 15 is 0 Å². The molecule has 2 rings (SSSR count). The van der Waals surface area contributed by atoms with Crippen molar-refractivity contribution >= 4 is 0 Å². The fraction of sp³-hybridized carbons (Fsp3) is 0.769. The van der Waals surface area contributed by atoms with E-state index in [1.165, 1.54) is 5.56 Å². The first kappa shape index (κ1) is 13.5. The minimum Gasteiger partial charge on any atom is -0.396 e. The van der Waals surface area contributed by atoms with Gasteiger partial charge in [0.15, 0.2) is 0 Å². The maximum atomic E-state index is 9.02. The molecule has 102 valence electrons. The Bertz CT molecular complexity index is 377. The number of hydrogen-bond acceptors (Lipinski definition) is 4. The third kappa shape index (κ3) is 2.91. The van der Waals surface area contributed by atoms with Gasteiger partial charge in [-0.2, -0.15) is 5.10 Å². The van der Waals surface area contributed by atoms with E-state index in [0.717, 1.165) is 25.9 Å². The lowest BCUT2D eigenvalue weighted by atomic mass is 10.0. The van der Waals surface area contributed by atoms with Gasteiger partial charge in [-0.25, -0.2) is 0 Å². The number of aryl methyl sites for hydroxylation is 1. The van der Waals surface area contributed by atoms with Crippen molar-refractivity contribution < 1.29 is 5.11 Å². The second kappa shape index (κ2) is 5.82. The Morgan fingerprint density at radius 1 is 1.61 bits per heavy atom. The molecular formula is C13H24N4O. The Labute approximate surface area is 109 Å². The van der Waals surface area contributed by atoms with Crippen LogP contribution in [0.3, 0.4) is 0 Å². The predicted octanol–water partition coefficient (Wildman–Crippen LogP) is 0.513. The number of aliphatic hydroxyl groups excluding tert-OH is 1. The van der Waals surface area contributed by atoms with E-state index in [9.17, 15) is 0 Å². The molecule has 0 amide bonds. The zero-order valence-electron chi connectivity index (χ0n) is 11.3. The van der Waals surface area contributed by atoms with Gasteiger partial charge in [0.25, 0.3) is 0 Å². The lowest BCUT2D eigenvalue weighted by Gasteiger charge is -2.30. The lowest BCUT2D eigenvalue weighted by Crippen LogP contribution is -2.38. The molecule has 1 aromatic rings. The molecule has 0 aromatic carbocycles. The molecule has 5 heteroatoms. The van der Waals surface area contributed by atoms with E-state index in [-0.39, 0.29) is 18.7 Å². The van der Waals surface area contributed by atoms with Gasteiger partial charge >= 0.3 is 0 Å². The number of hydrogen-bond donors (Lipinski definition) is 2. The average molecular weight is 252 g/mol. The maximum absolute atomic E-state index is 9.02. The van der Waals surface area contributed by atoms with Crippen LogP contribution in [-0.4, -0.2) is 45.5 Å². The molecule has 1 aliphatic rings. The van der Waals surface area contributed by atoms with Gasteiger partial charge in [-0.05, 0) is 32.2 Å². The summed E-state index contributed by atoms with van der Waals surface area (Å²) in [5.74, 6) is 0.605. The van der Waals surface area contributed by atoms with Gasteiger partial charge in [0.1, 0.15) is 0 Å². The molecule has 0 bridgehead atoms. The van der Waals surface area contributed by atoms with Gasteiger partial charge in [-0.15, -0.1) is 0 Å². The Morgan fingerprint density at radius 3 is 2.94 bits per heavy atom. The number of aliphatic hydroxyl groups is 1. The highest BCUT2D eigenvalue weighted by Crippen LogP contribution is 2.30. The second-order valence-corrected chi connectivity index (χ2v) is 5.41. The maximum Gasteiger partial charge on any atom is 0.0538 e. The van der Waals surface area contributed by atoms with Crippen molar-refractivity contribution in [1.29, 1.82) is 0 Å². The molecule has 1 saturated heterocycles. The fourth-order valence-electron chi connectivity index (χ4n) is 2.97. The summed E-state index contributed by atoms with van der Waals surface area (Å²) < 4.78 is 1.83. The highest BCUT2D eigenvalue weighted by Gasteiger charge is 2.31. The zero-order valence-corrected chi connectivity index (χ0v) is 11.3. The minimum atomic E-state index is 0.0853. The summed E-state index contributed by atoms with van der Waals surface area (Å²) in [6.45, 7) is 4.43. The molecule has 0 saturated carbocycles. The summed E-state index contributed by atoms with van der Waals surface area (Å²) in [5, 5.41) is 13.3. The van der Waals surface area contributed by atoms with Crippen LogP contribution in [0.5, 0.6) is 0 Å². The van der Waals surface area contributed by atoms with Gasteiger partial charge < -0.3 is 10.8 Å². The standard InChI is InChI=1S/C13H24N4O/c1-10(14)13(12-7-15-16(2)9-12)17-5-3-11(8-17)4-6-18/h7,9-11,13,18H,3-6,8,14H2,1-2H3. The smallest absolute Gasteiger partial charge is 0.0538 e. The first-order chi connectivity index (χ1) is 8.61. The molecule has 1 aromatic heterocycles. The second-order valence-electron chi connectivity index (χ2n) is 5.41. The number of nitrogens with two attached hydrogens (primary N) is 1. The van der Waals surface area contributed by atoms with Gasteiger partial charge in [-0.3, -0.25) is 9.58 Å². The fourth-order valence-corrected chi connectivity index (χ4v) is 2.97. The molecule has 0 aliphatic carbocycles. The molecule has 18 heavy (non-hydrogen) atoms. The number of aromatic nitrogens is 2. The SMILES string of the molecule is CC(N)C(c1cnn(C)c1)N1CCC(CCO)C1. The summed E-state index contributed by atoms with van der Waals surface area (Å²) in [5.41, 5.74) is 7.34. The first-order valence-electron chi connectivity index (χ1n) is 6.71. The third-order valence-electron chi connectivity index (χ3n) is 3.81. The molecule has 0 radical (unpaired) electrons. The molecule has 3 atom stereocenters. The Kier molecular flexibility index (Phi) is 4.37. The molecular weight excluding hydrogens is 228 g/mol. The van der Waals surface area contributed by atoms with E-state index in [1.54, 1.807) is 0 Å². The molecule has 3 N–H and O–H groups in total. The largest absolute Gasteiger partial charge is 0.396 e. The van der Waals surface area contributed by atoms with E-state index < -0.39 is 0 Å². The van der Waals surface area contributed by atoms with E-state index in [1.807, 2.05) is 24.1 Å². The van der Waals surface area contributed by atoms with Gasteiger partial charge in [0.05, 0.1) is 12.2 Å². The topological polar surface area (TPSA) is 67.3 Å². The minimum absolute atomic E-state index is 0.0853. The van der Waals surface area contributed by atoms with Crippen LogP contribution in [0.1, 0.15) is 31.4 Å². The normalized spacial score (nSPS) is 24.3. The number of rotatable bonds is 5. The average Bonchev–Trinajstić information content (AvgIpc) is 2.90. The van der Waals surface area contributed by atoms with E-state index in [2.05, 4.69) is 16.9 Å². The Hall–Kier alpha value is -0.910. The highest BCUT2D eigenvalue weighted by molar-refractivity contribution is 5.13. The molecule has 3 unspecified atom stereocenters.